The van der Waals surface area contributed by atoms with E-state index in [9.17, 15) is 9.59 Å². The second-order valence-corrected chi connectivity index (χ2v) is 4.97. The molecule has 9 heteroatoms. The molecule has 0 radical (unpaired) electrons. The smallest absolute Gasteiger partial charge is 0.343 e. The summed E-state index contributed by atoms with van der Waals surface area (Å²) in [5, 5.41) is 16.1. The summed E-state index contributed by atoms with van der Waals surface area (Å²) in [5.41, 5.74) is 5.30. The van der Waals surface area contributed by atoms with Crippen LogP contribution in [-0.2, 0) is 6.54 Å². The van der Waals surface area contributed by atoms with Crippen molar-refractivity contribution in [3.05, 3.63) is 28.3 Å². The molecule has 0 unspecified atom stereocenters. The molecule has 0 bridgehead atoms. The average Bonchev–Trinajstić information content (AvgIpc) is 2.74. The molecule has 0 saturated heterocycles. The lowest BCUT2D eigenvalue weighted by Crippen LogP contribution is -2.17. The summed E-state index contributed by atoms with van der Waals surface area (Å²) in [4.78, 5) is 26.6. The number of nitrogens with two attached hydrogens (primary N) is 1. The van der Waals surface area contributed by atoms with Crippen LogP contribution < -0.4 is 11.4 Å². The SMILES string of the molecule is CCCn1c(Sc2cc(C(=O)O)c(N)cn2)n[nH]c1=O. The largest absolute Gasteiger partial charge is 0.478 e. The van der Waals surface area contributed by atoms with Crippen molar-refractivity contribution >= 4 is 23.4 Å². The van der Waals surface area contributed by atoms with Gasteiger partial charge in [-0.3, -0.25) is 4.57 Å². The quantitative estimate of drug-likeness (QED) is 0.744. The Morgan fingerprint density at radius 2 is 2.35 bits per heavy atom. The van der Waals surface area contributed by atoms with Gasteiger partial charge in [-0.1, -0.05) is 6.92 Å². The average molecular weight is 295 g/mol. The fourth-order valence-corrected chi connectivity index (χ4v) is 2.43. The number of anilines is 1. The maximum Gasteiger partial charge on any atom is 0.343 e. The van der Waals surface area contributed by atoms with Crippen LogP contribution in [0.3, 0.4) is 0 Å². The first-order chi connectivity index (χ1) is 9.52. The van der Waals surface area contributed by atoms with Gasteiger partial charge in [-0.2, -0.15) is 0 Å². The molecular formula is C11H13N5O3S. The minimum absolute atomic E-state index is 0.0255. The van der Waals surface area contributed by atoms with Crippen molar-refractivity contribution in [1.82, 2.24) is 19.7 Å². The predicted molar refractivity (Wildman–Crippen MR) is 72.9 cm³/mol. The molecule has 0 aliphatic carbocycles. The monoisotopic (exact) mass is 295 g/mol. The predicted octanol–water partition coefficient (Wildman–Crippen LogP) is 0.808. The first-order valence-corrected chi connectivity index (χ1v) is 6.66. The van der Waals surface area contributed by atoms with Gasteiger partial charge in [-0.25, -0.2) is 19.7 Å². The lowest BCUT2D eigenvalue weighted by Gasteiger charge is -2.05. The second kappa shape index (κ2) is 5.78. The van der Waals surface area contributed by atoms with Crippen LogP contribution >= 0.6 is 11.8 Å². The van der Waals surface area contributed by atoms with Crippen LogP contribution in [0.4, 0.5) is 5.69 Å². The molecule has 20 heavy (non-hydrogen) atoms. The van der Waals surface area contributed by atoms with Crippen LogP contribution in [0.5, 0.6) is 0 Å². The topological polar surface area (TPSA) is 127 Å². The van der Waals surface area contributed by atoms with Crippen molar-refractivity contribution in [2.45, 2.75) is 30.1 Å². The molecule has 2 aromatic rings. The van der Waals surface area contributed by atoms with Crippen LogP contribution in [0.25, 0.3) is 0 Å². The van der Waals surface area contributed by atoms with E-state index in [4.69, 9.17) is 10.8 Å². The number of nitrogens with zero attached hydrogens (tertiary/aromatic N) is 3. The molecule has 2 aromatic heterocycles. The summed E-state index contributed by atoms with van der Waals surface area (Å²) in [6.45, 7) is 2.47. The first-order valence-electron chi connectivity index (χ1n) is 5.84. The van der Waals surface area contributed by atoms with E-state index in [0.29, 0.717) is 16.7 Å². The summed E-state index contributed by atoms with van der Waals surface area (Å²) < 4.78 is 1.48. The van der Waals surface area contributed by atoms with Crippen molar-refractivity contribution in [2.24, 2.45) is 0 Å². The zero-order valence-corrected chi connectivity index (χ0v) is 11.5. The molecule has 0 atom stereocenters. The van der Waals surface area contributed by atoms with Crippen LogP contribution in [0, 0.1) is 0 Å². The summed E-state index contributed by atoms with van der Waals surface area (Å²) >= 11 is 1.11. The van der Waals surface area contributed by atoms with E-state index in [1.807, 2.05) is 6.92 Å². The zero-order valence-electron chi connectivity index (χ0n) is 10.7. The molecule has 0 aromatic carbocycles. The number of hydrogen-bond donors (Lipinski definition) is 3. The van der Waals surface area contributed by atoms with E-state index in [1.165, 1.54) is 16.8 Å². The molecule has 0 saturated carbocycles. The highest BCUT2D eigenvalue weighted by Crippen LogP contribution is 2.25. The third-order valence-electron chi connectivity index (χ3n) is 2.51. The Hall–Kier alpha value is -2.29. The highest BCUT2D eigenvalue weighted by atomic mass is 32.2. The molecule has 4 N–H and O–H groups in total. The Labute approximate surface area is 118 Å². The summed E-state index contributed by atoms with van der Waals surface area (Å²) in [6.07, 6.45) is 2.06. The Morgan fingerprint density at radius 1 is 1.60 bits per heavy atom. The number of hydrogen-bond acceptors (Lipinski definition) is 6. The standard InChI is InChI=1S/C11H13N5O3S/c1-2-3-16-10(19)14-15-11(16)20-8-4-6(9(17)18)7(12)5-13-8/h4-5H,2-3,12H2,1H3,(H,14,19)(H,17,18). The van der Waals surface area contributed by atoms with Crippen molar-refractivity contribution in [3.8, 4) is 0 Å². The van der Waals surface area contributed by atoms with Crippen LogP contribution in [0.15, 0.2) is 27.2 Å². The minimum atomic E-state index is -1.13. The number of aromatic amines is 1. The van der Waals surface area contributed by atoms with E-state index < -0.39 is 5.97 Å². The van der Waals surface area contributed by atoms with Gasteiger partial charge in [0.1, 0.15) is 5.03 Å². The maximum atomic E-state index is 11.5. The summed E-state index contributed by atoms with van der Waals surface area (Å²) in [7, 11) is 0. The Morgan fingerprint density at radius 3 is 3.00 bits per heavy atom. The molecule has 8 nitrogen and oxygen atoms in total. The van der Waals surface area contributed by atoms with E-state index in [0.717, 1.165) is 18.2 Å². The molecular weight excluding hydrogens is 282 g/mol. The molecule has 0 aliphatic rings. The molecule has 0 amide bonds. The maximum absolute atomic E-state index is 11.5. The third-order valence-corrected chi connectivity index (χ3v) is 3.43. The zero-order chi connectivity index (χ0) is 14.7. The molecule has 2 heterocycles. The number of nitrogens with one attached hydrogen (secondary N) is 1. The number of aromatic carboxylic acids is 1. The number of aromatic nitrogens is 4. The van der Waals surface area contributed by atoms with Gasteiger partial charge in [-0.15, -0.1) is 5.10 Å². The van der Waals surface area contributed by atoms with Gasteiger partial charge >= 0.3 is 11.7 Å². The molecule has 106 valence electrons. The number of carboxylic acids is 1. The Bertz CT molecular complexity index is 694. The number of carbonyl (C=O) groups is 1. The molecule has 0 aliphatic heterocycles. The van der Waals surface area contributed by atoms with Crippen LogP contribution in [0.1, 0.15) is 23.7 Å². The third kappa shape index (κ3) is 2.82. The molecule has 0 fully saturated rings. The Kier molecular flexibility index (Phi) is 4.08. The summed E-state index contributed by atoms with van der Waals surface area (Å²) in [6, 6.07) is 1.36. The van der Waals surface area contributed by atoms with Gasteiger partial charge in [0.05, 0.1) is 17.4 Å². The van der Waals surface area contributed by atoms with Gasteiger partial charge in [0.2, 0.25) is 0 Å². The van der Waals surface area contributed by atoms with Crippen LogP contribution in [0.2, 0.25) is 0 Å². The number of carboxylic acid groups (broad SMARTS) is 1. The fraction of sp³-hybridized carbons (Fsp3) is 0.273. The lowest BCUT2D eigenvalue weighted by molar-refractivity contribution is 0.0697. The number of rotatable bonds is 5. The number of pyridine rings is 1. The van der Waals surface area contributed by atoms with Gasteiger partial charge in [0.25, 0.3) is 0 Å². The first kappa shape index (κ1) is 14.1. The highest BCUT2D eigenvalue weighted by Gasteiger charge is 2.14. The minimum Gasteiger partial charge on any atom is -0.478 e. The van der Waals surface area contributed by atoms with E-state index >= 15 is 0 Å². The van der Waals surface area contributed by atoms with Gasteiger partial charge in [0, 0.05) is 6.54 Å². The van der Waals surface area contributed by atoms with Crippen LogP contribution in [-0.4, -0.2) is 30.8 Å². The van der Waals surface area contributed by atoms with Crippen molar-refractivity contribution in [1.29, 1.82) is 0 Å². The summed E-state index contributed by atoms with van der Waals surface area (Å²) in [5.74, 6) is -1.13. The van der Waals surface area contributed by atoms with E-state index in [1.54, 1.807) is 0 Å². The van der Waals surface area contributed by atoms with Crippen molar-refractivity contribution in [2.75, 3.05) is 5.73 Å². The van der Waals surface area contributed by atoms with Gasteiger partial charge in [-0.05, 0) is 24.2 Å². The lowest BCUT2D eigenvalue weighted by atomic mass is 10.2. The fourth-order valence-electron chi connectivity index (χ4n) is 1.58. The highest BCUT2D eigenvalue weighted by molar-refractivity contribution is 7.99. The second-order valence-electron chi connectivity index (χ2n) is 3.98. The molecule has 2 rings (SSSR count). The van der Waals surface area contributed by atoms with Gasteiger partial charge < -0.3 is 10.8 Å². The Balaban J connectivity index is 2.33. The molecule has 0 spiro atoms. The van der Waals surface area contributed by atoms with E-state index in [-0.39, 0.29) is 16.9 Å². The number of nitrogen functional groups attached to an aromatic ring is 1. The normalized spacial score (nSPS) is 10.7. The number of H-pyrrole nitrogens is 1. The van der Waals surface area contributed by atoms with E-state index in [2.05, 4.69) is 15.2 Å². The van der Waals surface area contributed by atoms with Crippen molar-refractivity contribution < 1.29 is 9.90 Å². The van der Waals surface area contributed by atoms with Crippen molar-refractivity contribution in [3.63, 3.8) is 0 Å². The van der Waals surface area contributed by atoms with Gasteiger partial charge in [0.15, 0.2) is 5.16 Å².